The lowest BCUT2D eigenvalue weighted by Gasteiger charge is -2.18. The van der Waals surface area contributed by atoms with Crippen molar-refractivity contribution >= 4 is 23.5 Å². The summed E-state index contributed by atoms with van der Waals surface area (Å²) in [5, 5.41) is 3.53. The Hall–Kier alpha value is -1.30. The Bertz CT molecular complexity index is 395. The molecule has 0 spiro atoms. The first-order valence-electron chi connectivity index (χ1n) is 5.62. The number of nitrogens with zero attached hydrogens (tertiary/aromatic N) is 2. The van der Waals surface area contributed by atoms with Gasteiger partial charge in [0.2, 0.25) is 0 Å². The van der Waals surface area contributed by atoms with Crippen LogP contribution in [-0.4, -0.2) is 33.4 Å². The van der Waals surface area contributed by atoms with Crippen molar-refractivity contribution in [1.82, 2.24) is 15.3 Å². The highest BCUT2D eigenvalue weighted by Crippen LogP contribution is 2.28. The van der Waals surface area contributed by atoms with E-state index in [4.69, 9.17) is 5.73 Å². The molecule has 2 unspecified atom stereocenters. The average molecular weight is 252 g/mol. The van der Waals surface area contributed by atoms with Gasteiger partial charge < -0.3 is 11.1 Å². The van der Waals surface area contributed by atoms with Crippen LogP contribution in [-0.2, 0) is 0 Å². The number of nitrogen functional groups attached to an aromatic ring is 1. The van der Waals surface area contributed by atoms with Crippen LogP contribution in [0.3, 0.4) is 0 Å². The quantitative estimate of drug-likeness (QED) is 0.841. The maximum atomic E-state index is 11.9. The first-order chi connectivity index (χ1) is 8.20. The molecule has 1 amide bonds. The van der Waals surface area contributed by atoms with Crippen molar-refractivity contribution in [2.45, 2.75) is 30.6 Å². The molecule has 92 valence electrons. The molecule has 1 aromatic heterocycles. The van der Waals surface area contributed by atoms with E-state index in [9.17, 15) is 4.79 Å². The predicted molar refractivity (Wildman–Crippen MR) is 68.9 cm³/mol. The number of nitrogens with one attached hydrogen (secondary N) is 1. The van der Waals surface area contributed by atoms with E-state index in [0.717, 1.165) is 6.42 Å². The summed E-state index contributed by atoms with van der Waals surface area (Å²) in [6.07, 6.45) is 8.27. The van der Waals surface area contributed by atoms with Crippen molar-refractivity contribution in [2.75, 3.05) is 12.0 Å². The largest absolute Gasteiger partial charge is 0.382 e. The third-order valence-corrected chi connectivity index (χ3v) is 4.15. The maximum Gasteiger partial charge on any atom is 0.271 e. The van der Waals surface area contributed by atoms with Crippen LogP contribution >= 0.6 is 11.8 Å². The summed E-state index contributed by atoms with van der Waals surface area (Å²) >= 11 is 1.81. The summed E-state index contributed by atoms with van der Waals surface area (Å²) in [6, 6.07) is 0.247. The molecule has 1 aliphatic rings. The minimum absolute atomic E-state index is 0.163. The number of hydrogen-bond donors (Lipinski definition) is 2. The number of anilines is 1. The number of thioether (sulfide) groups is 1. The van der Waals surface area contributed by atoms with Gasteiger partial charge in [0.25, 0.3) is 5.91 Å². The zero-order chi connectivity index (χ0) is 12.3. The number of nitrogens with two attached hydrogens (primary N) is 1. The van der Waals surface area contributed by atoms with Crippen LogP contribution in [0.4, 0.5) is 5.82 Å². The molecular formula is C11H16N4OS. The summed E-state index contributed by atoms with van der Waals surface area (Å²) in [7, 11) is 0. The van der Waals surface area contributed by atoms with Crippen LogP contribution < -0.4 is 11.1 Å². The summed E-state index contributed by atoms with van der Waals surface area (Å²) < 4.78 is 0. The molecule has 0 aromatic carbocycles. The summed E-state index contributed by atoms with van der Waals surface area (Å²) in [4.78, 5) is 19.7. The van der Waals surface area contributed by atoms with Crippen LogP contribution in [0.15, 0.2) is 12.4 Å². The number of carbonyl (C=O) groups is 1. The van der Waals surface area contributed by atoms with E-state index in [1.54, 1.807) is 0 Å². The summed E-state index contributed by atoms with van der Waals surface area (Å²) in [6.45, 7) is 0. The van der Waals surface area contributed by atoms with Gasteiger partial charge in [0.05, 0.1) is 12.4 Å². The minimum Gasteiger partial charge on any atom is -0.382 e. The molecule has 5 nitrogen and oxygen atoms in total. The Morgan fingerprint density at radius 1 is 1.47 bits per heavy atom. The molecule has 1 aliphatic carbocycles. The fourth-order valence-corrected chi connectivity index (χ4v) is 3.01. The monoisotopic (exact) mass is 252 g/mol. The van der Waals surface area contributed by atoms with Crippen molar-refractivity contribution in [3.63, 3.8) is 0 Å². The lowest BCUT2D eigenvalue weighted by atomic mass is 10.2. The third-order valence-electron chi connectivity index (χ3n) is 2.98. The van der Waals surface area contributed by atoms with E-state index in [-0.39, 0.29) is 11.9 Å². The van der Waals surface area contributed by atoms with E-state index in [1.807, 2.05) is 11.8 Å². The van der Waals surface area contributed by atoms with E-state index < -0.39 is 0 Å². The summed E-state index contributed by atoms with van der Waals surface area (Å²) in [5.41, 5.74) is 5.75. The fourth-order valence-electron chi connectivity index (χ4n) is 2.07. The van der Waals surface area contributed by atoms with Crippen LogP contribution in [0.1, 0.15) is 29.8 Å². The van der Waals surface area contributed by atoms with Crippen molar-refractivity contribution in [3.05, 3.63) is 18.1 Å². The highest BCUT2D eigenvalue weighted by atomic mass is 32.2. The lowest BCUT2D eigenvalue weighted by Crippen LogP contribution is -2.39. The summed E-state index contributed by atoms with van der Waals surface area (Å²) in [5.74, 6) is 0.160. The highest BCUT2D eigenvalue weighted by molar-refractivity contribution is 7.99. The van der Waals surface area contributed by atoms with Crippen molar-refractivity contribution in [1.29, 1.82) is 0 Å². The number of hydrogen-bond acceptors (Lipinski definition) is 5. The molecule has 0 aliphatic heterocycles. The van der Waals surface area contributed by atoms with E-state index in [1.165, 1.54) is 25.2 Å². The molecule has 6 heteroatoms. The topological polar surface area (TPSA) is 80.9 Å². The zero-order valence-electron chi connectivity index (χ0n) is 9.72. The molecule has 2 rings (SSSR count). The van der Waals surface area contributed by atoms with Crippen molar-refractivity contribution < 1.29 is 4.79 Å². The van der Waals surface area contributed by atoms with Gasteiger partial charge in [-0.2, -0.15) is 11.8 Å². The average Bonchev–Trinajstić information content (AvgIpc) is 2.77. The lowest BCUT2D eigenvalue weighted by molar-refractivity contribution is 0.0933. The first kappa shape index (κ1) is 12.2. The molecule has 1 heterocycles. The fraction of sp³-hybridized carbons (Fsp3) is 0.545. The van der Waals surface area contributed by atoms with E-state index >= 15 is 0 Å². The normalized spacial score (nSPS) is 23.6. The molecule has 0 bridgehead atoms. The number of amides is 1. The van der Waals surface area contributed by atoms with Crippen LogP contribution in [0.2, 0.25) is 0 Å². The second-order valence-corrected chi connectivity index (χ2v) is 5.19. The second-order valence-electron chi connectivity index (χ2n) is 4.11. The van der Waals surface area contributed by atoms with Crippen LogP contribution in [0.5, 0.6) is 0 Å². The van der Waals surface area contributed by atoms with Gasteiger partial charge in [0.1, 0.15) is 11.5 Å². The van der Waals surface area contributed by atoms with E-state index in [0.29, 0.717) is 16.8 Å². The number of carbonyl (C=O) groups excluding carboxylic acids is 1. The van der Waals surface area contributed by atoms with Crippen molar-refractivity contribution in [2.24, 2.45) is 0 Å². The van der Waals surface area contributed by atoms with Gasteiger partial charge in [-0.1, -0.05) is 6.42 Å². The molecule has 1 aromatic rings. The molecule has 0 radical (unpaired) electrons. The zero-order valence-corrected chi connectivity index (χ0v) is 10.5. The van der Waals surface area contributed by atoms with Gasteiger partial charge in [0, 0.05) is 11.3 Å². The Morgan fingerprint density at radius 3 is 2.94 bits per heavy atom. The van der Waals surface area contributed by atoms with Gasteiger partial charge in [0.15, 0.2) is 0 Å². The Morgan fingerprint density at radius 2 is 2.29 bits per heavy atom. The standard InChI is InChI=1S/C11H16N4OS/c1-17-9-4-2-3-7(9)15-11(16)8-5-14-10(12)6-13-8/h5-7,9H,2-4H2,1H3,(H2,12,14)(H,15,16). The predicted octanol–water partition coefficient (Wildman–Crippen LogP) is 1.07. The number of rotatable bonds is 3. The Balaban J connectivity index is 1.99. The van der Waals surface area contributed by atoms with Gasteiger partial charge in [-0.3, -0.25) is 4.79 Å². The SMILES string of the molecule is CSC1CCCC1NC(=O)c1cnc(N)cn1. The maximum absolute atomic E-state index is 11.9. The minimum atomic E-state index is -0.163. The van der Waals surface area contributed by atoms with Crippen molar-refractivity contribution in [3.8, 4) is 0 Å². The van der Waals surface area contributed by atoms with Crippen LogP contribution in [0.25, 0.3) is 0 Å². The Kier molecular flexibility index (Phi) is 3.83. The molecular weight excluding hydrogens is 236 g/mol. The molecule has 1 fully saturated rings. The second kappa shape index (κ2) is 5.35. The molecule has 0 saturated heterocycles. The Labute approximate surface area is 105 Å². The molecule has 2 atom stereocenters. The smallest absolute Gasteiger partial charge is 0.271 e. The third kappa shape index (κ3) is 2.88. The molecule has 17 heavy (non-hydrogen) atoms. The number of aromatic nitrogens is 2. The molecule has 3 N–H and O–H groups in total. The van der Waals surface area contributed by atoms with Gasteiger partial charge in [-0.05, 0) is 19.1 Å². The molecule has 1 saturated carbocycles. The van der Waals surface area contributed by atoms with Crippen LogP contribution in [0, 0.1) is 0 Å². The highest BCUT2D eigenvalue weighted by Gasteiger charge is 2.28. The first-order valence-corrected chi connectivity index (χ1v) is 6.90. The van der Waals surface area contributed by atoms with Gasteiger partial charge in [-0.25, -0.2) is 9.97 Å². The van der Waals surface area contributed by atoms with Gasteiger partial charge in [-0.15, -0.1) is 0 Å². The van der Waals surface area contributed by atoms with Gasteiger partial charge >= 0.3 is 0 Å². The van der Waals surface area contributed by atoms with E-state index in [2.05, 4.69) is 21.5 Å².